The molecular formula is C11H16O6. The molecule has 1 fully saturated rings. The summed E-state index contributed by atoms with van der Waals surface area (Å²) >= 11 is 0. The molecule has 1 heterocycles. The molecule has 0 saturated heterocycles. The molecule has 6 nitrogen and oxygen atoms in total. The summed E-state index contributed by atoms with van der Waals surface area (Å²) in [6.07, 6.45) is -0.959. The molecule has 0 aromatic carbocycles. The second kappa shape index (κ2) is 3.97. The van der Waals surface area contributed by atoms with Gasteiger partial charge in [0.15, 0.2) is 0 Å². The fourth-order valence-corrected chi connectivity index (χ4v) is 2.81. The highest BCUT2D eigenvalue weighted by Crippen LogP contribution is 2.48. The zero-order chi connectivity index (χ0) is 12.8. The molecular weight excluding hydrogens is 228 g/mol. The van der Waals surface area contributed by atoms with Crippen LogP contribution in [-0.4, -0.2) is 46.4 Å². The molecule has 0 radical (unpaired) electrons. The molecule has 96 valence electrons. The number of hydrogen-bond donors (Lipinski definition) is 3. The highest BCUT2D eigenvalue weighted by atomic mass is 16.6. The minimum atomic E-state index is -1.28. The minimum Gasteiger partial charge on any atom is -0.472 e. The van der Waals surface area contributed by atoms with Gasteiger partial charge in [0.1, 0.15) is 0 Å². The lowest BCUT2D eigenvalue weighted by atomic mass is 9.81. The van der Waals surface area contributed by atoms with Gasteiger partial charge in [-0.25, -0.2) is 4.79 Å². The van der Waals surface area contributed by atoms with E-state index in [-0.39, 0.29) is 12.0 Å². The molecule has 0 spiro atoms. The molecule has 0 bridgehead atoms. The summed E-state index contributed by atoms with van der Waals surface area (Å²) < 4.78 is 9.52. The van der Waals surface area contributed by atoms with E-state index in [1.54, 1.807) is 0 Å². The van der Waals surface area contributed by atoms with Gasteiger partial charge in [-0.05, 0) is 6.92 Å². The lowest BCUT2D eigenvalue weighted by Gasteiger charge is -2.35. The van der Waals surface area contributed by atoms with Crippen LogP contribution in [0, 0.1) is 11.8 Å². The number of aliphatic hydroxyl groups excluding tert-OH is 2. The van der Waals surface area contributed by atoms with Crippen molar-refractivity contribution in [3.8, 4) is 0 Å². The van der Waals surface area contributed by atoms with Crippen LogP contribution in [0.3, 0.4) is 0 Å². The lowest BCUT2D eigenvalue weighted by Crippen LogP contribution is -2.45. The van der Waals surface area contributed by atoms with Gasteiger partial charge in [0.25, 0.3) is 0 Å². The number of carbonyl (C=O) groups is 1. The molecule has 2 aliphatic rings. The maximum atomic E-state index is 11.5. The van der Waals surface area contributed by atoms with Gasteiger partial charge in [0, 0.05) is 12.3 Å². The smallest absolute Gasteiger partial charge is 0.337 e. The molecule has 2 rings (SSSR count). The summed E-state index contributed by atoms with van der Waals surface area (Å²) in [7, 11) is 1.22. The van der Waals surface area contributed by atoms with Gasteiger partial charge >= 0.3 is 5.97 Å². The SMILES string of the molecule is COC(=O)C1=CO[C@@H](O)[C@H]2[C@@H]1[C@H](O)C[C@]2(C)O. The van der Waals surface area contributed by atoms with E-state index in [0.717, 1.165) is 6.26 Å². The number of rotatable bonds is 1. The van der Waals surface area contributed by atoms with Crippen LogP contribution in [0.5, 0.6) is 0 Å². The van der Waals surface area contributed by atoms with E-state index >= 15 is 0 Å². The van der Waals surface area contributed by atoms with Crippen molar-refractivity contribution in [2.45, 2.75) is 31.3 Å². The first kappa shape index (κ1) is 12.3. The number of hydrogen-bond acceptors (Lipinski definition) is 6. The zero-order valence-electron chi connectivity index (χ0n) is 9.66. The lowest BCUT2D eigenvalue weighted by molar-refractivity contribution is -0.167. The summed E-state index contributed by atoms with van der Waals surface area (Å²) in [6, 6.07) is 0. The predicted molar refractivity (Wildman–Crippen MR) is 55.4 cm³/mol. The monoisotopic (exact) mass is 244 g/mol. The van der Waals surface area contributed by atoms with Gasteiger partial charge in [0.2, 0.25) is 6.29 Å². The standard InChI is InChI=1S/C11H16O6/c1-11(15)3-6(12)7-5(9(13)16-2)4-17-10(14)8(7)11/h4,6-8,10,12,14-15H,3H2,1-2H3/t6-,7+,8-,10-,11+/m1/s1. The van der Waals surface area contributed by atoms with Gasteiger partial charge in [-0.1, -0.05) is 0 Å². The second-order valence-corrected chi connectivity index (χ2v) is 4.77. The number of ether oxygens (including phenoxy) is 2. The minimum absolute atomic E-state index is 0.0804. The van der Waals surface area contributed by atoms with Gasteiger partial charge in [-0.2, -0.15) is 0 Å². The number of fused-ring (bicyclic) bond motifs is 1. The third-order valence-corrected chi connectivity index (χ3v) is 3.56. The van der Waals surface area contributed by atoms with Crippen LogP contribution >= 0.6 is 0 Å². The average molecular weight is 244 g/mol. The largest absolute Gasteiger partial charge is 0.472 e. The maximum Gasteiger partial charge on any atom is 0.337 e. The van der Waals surface area contributed by atoms with Crippen LogP contribution in [0.2, 0.25) is 0 Å². The molecule has 0 aromatic rings. The van der Waals surface area contributed by atoms with Crippen LogP contribution in [0.15, 0.2) is 11.8 Å². The van der Waals surface area contributed by atoms with Crippen LogP contribution in [-0.2, 0) is 14.3 Å². The first-order valence-electron chi connectivity index (χ1n) is 5.41. The van der Waals surface area contributed by atoms with Crippen molar-refractivity contribution in [3.63, 3.8) is 0 Å². The third-order valence-electron chi connectivity index (χ3n) is 3.56. The Hall–Kier alpha value is -1.11. The molecule has 0 unspecified atom stereocenters. The van der Waals surface area contributed by atoms with Crippen molar-refractivity contribution in [1.82, 2.24) is 0 Å². The van der Waals surface area contributed by atoms with Crippen LogP contribution in [0.4, 0.5) is 0 Å². The molecule has 0 aromatic heterocycles. The number of carbonyl (C=O) groups excluding carboxylic acids is 1. The van der Waals surface area contributed by atoms with E-state index < -0.39 is 35.8 Å². The van der Waals surface area contributed by atoms with E-state index in [0.29, 0.717) is 0 Å². The molecule has 5 atom stereocenters. The van der Waals surface area contributed by atoms with E-state index in [1.807, 2.05) is 0 Å². The number of methoxy groups -OCH3 is 1. The molecule has 1 aliphatic carbocycles. The number of aliphatic hydroxyl groups is 3. The van der Waals surface area contributed by atoms with Crippen molar-refractivity contribution in [3.05, 3.63) is 11.8 Å². The first-order chi connectivity index (χ1) is 7.88. The van der Waals surface area contributed by atoms with Crippen molar-refractivity contribution in [2.24, 2.45) is 11.8 Å². The Labute approximate surface area is 98.5 Å². The Morgan fingerprint density at radius 1 is 1.59 bits per heavy atom. The van der Waals surface area contributed by atoms with Gasteiger partial charge < -0.3 is 24.8 Å². The summed E-state index contributed by atoms with van der Waals surface area (Å²) in [5.41, 5.74) is -1.13. The maximum absolute atomic E-state index is 11.5. The molecule has 17 heavy (non-hydrogen) atoms. The highest BCUT2D eigenvalue weighted by molar-refractivity contribution is 5.89. The van der Waals surface area contributed by atoms with Gasteiger partial charge in [-0.3, -0.25) is 0 Å². The topological polar surface area (TPSA) is 96.2 Å². The molecule has 1 saturated carbocycles. The summed E-state index contributed by atoms with van der Waals surface area (Å²) in [6.45, 7) is 1.51. The van der Waals surface area contributed by atoms with Gasteiger partial charge in [-0.15, -0.1) is 0 Å². The third kappa shape index (κ3) is 1.82. The number of esters is 1. The van der Waals surface area contributed by atoms with Crippen molar-refractivity contribution in [1.29, 1.82) is 0 Å². The molecule has 0 amide bonds. The summed E-state index contributed by atoms with van der Waals surface area (Å²) in [5, 5.41) is 29.8. The molecule has 1 aliphatic heterocycles. The van der Waals surface area contributed by atoms with E-state index in [4.69, 9.17) is 4.74 Å². The fourth-order valence-electron chi connectivity index (χ4n) is 2.81. The summed E-state index contributed by atoms with van der Waals surface area (Å²) in [4.78, 5) is 11.5. The normalized spacial score (nSPS) is 44.6. The van der Waals surface area contributed by atoms with Crippen molar-refractivity contribution < 1.29 is 29.6 Å². The first-order valence-corrected chi connectivity index (χ1v) is 5.41. The van der Waals surface area contributed by atoms with E-state index in [2.05, 4.69) is 4.74 Å². The Bertz CT molecular complexity index is 361. The van der Waals surface area contributed by atoms with Crippen LogP contribution in [0.25, 0.3) is 0 Å². The molecule has 6 heteroatoms. The van der Waals surface area contributed by atoms with Gasteiger partial charge in [0.05, 0.1) is 36.6 Å². The predicted octanol–water partition coefficient (Wildman–Crippen LogP) is -0.860. The zero-order valence-corrected chi connectivity index (χ0v) is 9.66. The average Bonchev–Trinajstić information content (AvgIpc) is 2.50. The quantitative estimate of drug-likeness (QED) is 0.519. The van der Waals surface area contributed by atoms with Crippen LogP contribution < -0.4 is 0 Å². The van der Waals surface area contributed by atoms with E-state index in [9.17, 15) is 20.1 Å². The highest BCUT2D eigenvalue weighted by Gasteiger charge is 2.57. The van der Waals surface area contributed by atoms with Crippen molar-refractivity contribution >= 4 is 5.97 Å². The molecule has 3 N–H and O–H groups in total. The fraction of sp³-hybridized carbons (Fsp3) is 0.727. The summed E-state index contributed by atoms with van der Waals surface area (Å²) in [5.74, 6) is -2.03. The van der Waals surface area contributed by atoms with E-state index in [1.165, 1.54) is 14.0 Å². The van der Waals surface area contributed by atoms with Crippen molar-refractivity contribution in [2.75, 3.05) is 7.11 Å². The Kier molecular flexibility index (Phi) is 2.89. The second-order valence-electron chi connectivity index (χ2n) is 4.77. The van der Waals surface area contributed by atoms with Crippen LogP contribution in [0.1, 0.15) is 13.3 Å². The Balaban J connectivity index is 2.38. The Morgan fingerprint density at radius 2 is 2.24 bits per heavy atom. The Morgan fingerprint density at radius 3 is 2.82 bits per heavy atom.